The molecule has 0 spiro atoms. The SMILES string of the molecule is CCCN(C(=O)C(C)NC(=O)OC(C)(C)C)C(C(=O)NCC(=O)OC)c1cccc(C)c1O. The number of benzene rings is 1. The highest BCUT2D eigenvalue weighted by Crippen LogP contribution is 2.32. The smallest absolute Gasteiger partial charge is 0.408 e. The van der Waals surface area contributed by atoms with Crippen LogP contribution in [0, 0.1) is 6.92 Å². The van der Waals surface area contributed by atoms with Gasteiger partial charge in [0.05, 0.1) is 7.11 Å². The maximum absolute atomic E-state index is 13.3. The number of aryl methyl sites for hydroxylation is 1. The Balaban J connectivity index is 3.32. The molecule has 184 valence electrons. The zero-order chi connectivity index (χ0) is 25.3. The van der Waals surface area contributed by atoms with Gasteiger partial charge in [-0.15, -0.1) is 0 Å². The molecule has 0 saturated carbocycles. The number of carbonyl (C=O) groups excluding carboxylic acids is 4. The average Bonchev–Trinajstić information content (AvgIpc) is 2.72. The van der Waals surface area contributed by atoms with Crippen molar-refractivity contribution >= 4 is 23.9 Å². The number of rotatable bonds is 9. The minimum atomic E-state index is -1.25. The van der Waals surface area contributed by atoms with E-state index in [9.17, 15) is 24.3 Å². The molecule has 0 aliphatic heterocycles. The summed E-state index contributed by atoms with van der Waals surface area (Å²) in [5.74, 6) is -2.03. The second kappa shape index (κ2) is 12.1. The fourth-order valence-corrected chi connectivity index (χ4v) is 3.08. The summed E-state index contributed by atoms with van der Waals surface area (Å²) in [7, 11) is 1.19. The number of phenols is 1. The molecule has 3 N–H and O–H groups in total. The molecule has 0 fully saturated rings. The molecular formula is C23H35N3O7. The molecule has 1 aromatic carbocycles. The Morgan fingerprint density at radius 2 is 1.82 bits per heavy atom. The van der Waals surface area contributed by atoms with Gasteiger partial charge < -0.3 is 30.1 Å². The number of phenolic OH excluding ortho intramolecular Hbond substituents is 1. The molecule has 0 bridgehead atoms. The van der Waals surface area contributed by atoms with Crippen LogP contribution in [0.15, 0.2) is 18.2 Å². The van der Waals surface area contributed by atoms with Gasteiger partial charge in [0.15, 0.2) is 0 Å². The fourth-order valence-electron chi connectivity index (χ4n) is 3.08. The van der Waals surface area contributed by atoms with Gasteiger partial charge in [-0.2, -0.15) is 0 Å². The third-order valence-corrected chi connectivity index (χ3v) is 4.61. The lowest BCUT2D eigenvalue weighted by Crippen LogP contribution is -2.52. The first kappa shape index (κ1) is 27.7. The molecule has 0 aliphatic rings. The molecule has 0 heterocycles. The summed E-state index contributed by atoms with van der Waals surface area (Å²) in [6.45, 7) is 9.82. The van der Waals surface area contributed by atoms with E-state index in [1.54, 1.807) is 39.8 Å². The van der Waals surface area contributed by atoms with E-state index in [4.69, 9.17) is 4.74 Å². The Bertz CT molecular complexity index is 864. The van der Waals surface area contributed by atoms with Crippen LogP contribution in [0.2, 0.25) is 0 Å². The first-order chi connectivity index (χ1) is 15.3. The number of esters is 1. The summed E-state index contributed by atoms with van der Waals surface area (Å²) >= 11 is 0. The maximum Gasteiger partial charge on any atom is 0.408 e. The van der Waals surface area contributed by atoms with Crippen LogP contribution in [0.4, 0.5) is 4.79 Å². The largest absolute Gasteiger partial charge is 0.507 e. The van der Waals surface area contributed by atoms with Crippen molar-refractivity contribution in [3.05, 3.63) is 29.3 Å². The molecule has 10 nitrogen and oxygen atoms in total. The van der Waals surface area contributed by atoms with Crippen LogP contribution in [-0.4, -0.2) is 65.7 Å². The topological polar surface area (TPSA) is 134 Å². The van der Waals surface area contributed by atoms with Gasteiger partial charge in [0.2, 0.25) is 11.8 Å². The van der Waals surface area contributed by atoms with Gasteiger partial charge >= 0.3 is 12.1 Å². The van der Waals surface area contributed by atoms with E-state index < -0.39 is 48.1 Å². The van der Waals surface area contributed by atoms with Crippen LogP contribution in [0.3, 0.4) is 0 Å². The van der Waals surface area contributed by atoms with Crippen molar-refractivity contribution in [2.24, 2.45) is 0 Å². The third-order valence-electron chi connectivity index (χ3n) is 4.61. The Labute approximate surface area is 194 Å². The number of carbonyl (C=O) groups is 4. The van der Waals surface area contributed by atoms with Crippen molar-refractivity contribution in [3.8, 4) is 5.75 Å². The molecule has 0 aliphatic carbocycles. The van der Waals surface area contributed by atoms with Gasteiger partial charge in [0.25, 0.3) is 0 Å². The minimum absolute atomic E-state index is 0.141. The lowest BCUT2D eigenvalue weighted by Gasteiger charge is -2.33. The van der Waals surface area contributed by atoms with Crippen molar-refractivity contribution in [1.82, 2.24) is 15.5 Å². The number of alkyl carbamates (subject to hydrolysis) is 1. The first-order valence-corrected chi connectivity index (χ1v) is 10.7. The number of nitrogens with zero attached hydrogens (tertiary/aromatic N) is 1. The van der Waals surface area contributed by atoms with E-state index in [0.29, 0.717) is 12.0 Å². The second-order valence-electron chi connectivity index (χ2n) is 8.61. The molecule has 10 heteroatoms. The van der Waals surface area contributed by atoms with E-state index in [0.717, 1.165) is 0 Å². The molecule has 2 unspecified atom stereocenters. The average molecular weight is 466 g/mol. The second-order valence-corrected chi connectivity index (χ2v) is 8.61. The Morgan fingerprint density at radius 1 is 1.18 bits per heavy atom. The predicted molar refractivity (Wildman–Crippen MR) is 121 cm³/mol. The Kier molecular flexibility index (Phi) is 10.2. The van der Waals surface area contributed by atoms with Crippen molar-refractivity contribution < 1.29 is 33.8 Å². The molecule has 0 saturated heterocycles. The van der Waals surface area contributed by atoms with E-state index in [1.165, 1.54) is 25.0 Å². The number of hydrogen-bond donors (Lipinski definition) is 3. The molecule has 33 heavy (non-hydrogen) atoms. The molecule has 3 amide bonds. The maximum atomic E-state index is 13.3. The van der Waals surface area contributed by atoms with Crippen LogP contribution < -0.4 is 10.6 Å². The van der Waals surface area contributed by atoms with Crippen LogP contribution in [0.25, 0.3) is 0 Å². The molecule has 1 aromatic rings. The minimum Gasteiger partial charge on any atom is -0.507 e. The first-order valence-electron chi connectivity index (χ1n) is 10.7. The highest BCUT2D eigenvalue weighted by molar-refractivity contribution is 5.93. The lowest BCUT2D eigenvalue weighted by molar-refractivity contribution is -0.144. The van der Waals surface area contributed by atoms with Gasteiger partial charge in [-0.25, -0.2) is 4.79 Å². The van der Waals surface area contributed by atoms with Gasteiger partial charge in [0, 0.05) is 12.1 Å². The summed E-state index contributed by atoms with van der Waals surface area (Å²) in [5, 5.41) is 15.6. The Morgan fingerprint density at radius 3 is 2.36 bits per heavy atom. The van der Waals surface area contributed by atoms with Gasteiger partial charge in [-0.05, 0) is 46.6 Å². The monoisotopic (exact) mass is 465 g/mol. The van der Waals surface area contributed by atoms with Crippen molar-refractivity contribution in [1.29, 1.82) is 0 Å². The molecule has 1 rings (SSSR count). The summed E-state index contributed by atoms with van der Waals surface area (Å²) < 4.78 is 9.77. The number of hydrogen-bond acceptors (Lipinski definition) is 7. The number of para-hydroxylation sites is 1. The molecular weight excluding hydrogens is 430 g/mol. The van der Waals surface area contributed by atoms with Crippen molar-refractivity contribution in [2.45, 2.75) is 65.6 Å². The predicted octanol–water partition coefficient (Wildman–Crippen LogP) is 2.18. The number of aromatic hydroxyl groups is 1. The van der Waals surface area contributed by atoms with Gasteiger partial charge in [-0.1, -0.05) is 25.1 Å². The van der Waals surface area contributed by atoms with Crippen LogP contribution in [-0.2, 0) is 23.9 Å². The van der Waals surface area contributed by atoms with E-state index in [-0.39, 0.29) is 17.9 Å². The van der Waals surface area contributed by atoms with E-state index >= 15 is 0 Å². The summed E-state index contributed by atoms with van der Waals surface area (Å²) in [5.41, 5.74) is -0.0367. The van der Waals surface area contributed by atoms with Gasteiger partial charge in [-0.3, -0.25) is 14.4 Å². The van der Waals surface area contributed by atoms with Gasteiger partial charge in [0.1, 0.15) is 30.0 Å². The quantitative estimate of drug-likeness (QED) is 0.476. The highest BCUT2D eigenvalue weighted by Gasteiger charge is 2.36. The van der Waals surface area contributed by atoms with Crippen LogP contribution >= 0.6 is 0 Å². The van der Waals surface area contributed by atoms with E-state index in [2.05, 4.69) is 15.4 Å². The molecule has 2 atom stereocenters. The standard InChI is InChI=1S/C23H35N3O7/c1-8-12-26(21(30)15(3)25-22(31)33-23(4,5)6)18(20(29)24-13-17(27)32-7)16-11-9-10-14(2)19(16)28/h9-11,15,18,28H,8,12-13H2,1-7H3,(H,24,29)(H,25,31). The van der Waals surface area contributed by atoms with Crippen molar-refractivity contribution in [3.63, 3.8) is 0 Å². The van der Waals surface area contributed by atoms with Crippen LogP contribution in [0.1, 0.15) is 58.2 Å². The number of methoxy groups -OCH3 is 1. The van der Waals surface area contributed by atoms with Crippen molar-refractivity contribution in [2.75, 3.05) is 20.2 Å². The molecule has 0 aromatic heterocycles. The fraction of sp³-hybridized carbons (Fsp3) is 0.565. The molecule has 0 radical (unpaired) electrons. The summed E-state index contributed by atoms with van der Waals surface area (Å²) in [6, 6.07) is 2.59. The Hall–Kier alpha value is -3.30. The summed E-state index contributed by atoms with van der Waals surface area (Å²) in [4.78, 5) is 51.5. The highest BCUT2D eigenvalue weighted by atomic mass is 16.6. The third kappa shape index (κ3) is 8.28. The number of ether oxygens (including phenoxy) is 2. The normalized spacial score (nSPS) is 12.8. The summed E-state index contributed by atoms with van der Waals surface area (Å²) in [6.07, 6.45) is -0.275. The zero-order valence-electron chi connectivity index (χ0n) is 20.4. The van der Waals surface area contributed by atoms with E-state index in [1.807, 2.05) is 6.92 Å². The lowest BCUT2D eigenvalue weighted by atomic mass is 9.99. The number of amides is 3. The number of nitrogens with one attached hydrogen (secondary N) is 2. The van der Waals surface area contributed by atoms with Crippen LogP contribution in [0.5, 0.6) is 5.75 Å². The zero-order valence-corrected chi connectivity index (χ0v) is 20.4.